The molecular weight excluding hydrogens is 476 g/mol. The number of hydrogen-bond acceptors (Lipinski definition) is 8. The molecule has 11 N–H and O–H groups in total. The maximum absolute atomic E-state index is 13.1. The quantitative estimate of drug-likeness (QED) is 0.112. The van der Waals surface area contributed by atoms with Gasteiger partial charge in [0.15, 0.2) is 0 Å². The highest BCUT2D eigenvalue weighted by Crippen LogP contribution is 2.06. The molecule has 0 radical (unpaired) electrons. The van der Waals surface area contributed by atoms with E-state index >= 15 is 0 Å². The van der Waals surface area contributed by atoms with Crippen molar-refractivity contribution in [1.29, 1.82) is 0 Å². The molecule has 0 bridgehead atoms. The van der Waals surface area contributed by atoms with Crippen LogP contribution in [0.2, 0.25) is 0 Å². The van der Waals surface area contributed by atoms with E-state index in [0.717, 1.165) is 0 Å². The number of rotatable bonds is 16. The summed E-state index contributed by atoms with van der Waals surface area (Å²) in [6.07, 6.45) is 1.71. The number of primary amides is 2. The molecule has 15 heteroatoms. The van der Waals surface area contributed by atoms with E-state index in [2.05, 4.69) is 25.9 Å². The summed E-state index contributed by atoms with van der Waals surface area (Å²) in [6.45, 7) is 3.43. The first-order valence-corrected chi connectivity index (χ1v) is 11.2. The number of nitrogens with zero attached hydrogens (tertiary/aromatic N) is 1. The van der Waals surface area contributed by atoms with Crippen molar-refractivity contribution in [2.45, 2.75) is 70.1 Å². The Kier molecular flexibility index (Phi) is 12.0. The van der Waals surface area contributed by atoms with Gasteiger partial charge in [-0.15, -0.1) is 0 Å². The fourth-order valence-corrected chi connectivity index (χ4v) is 3.04. The Bertz CT molecular complexity index is 935. The fraction of sp³-hybridized carbons (Fsp3) is 0.571. The van der Waals surface area contributed by atoms with Crippen molar-refractivity contribution >= 4 is 35.5 Å². The number of aromatic nitrogens is 2. The molecule has 0 fully saturated rings. The van der Waals surface area contributed by atoms with Gasteiger partial charge < -0.3 is 43.2 Å². The lowest BCUT2D eigenvalue weighted by Gasteiger charge is -2.25. The van der Waals surface area contributed by atoms with Gasteiger partial charge in [0, 0.05) is 31.2 Å². The second kappa shape index (κ2) is 14.4. The van der Waals surface area contributed by atoms with Gasteiger partial charge in [0.1, 0.15) is 18.1 Å². The van der Waals surface area contributed by atoms with E-state index in [9.17, 15) is 33.9 Å². The zero-order chi connectivity index (χ0) is 27.4. The SMILES string of the molecule is CC(C)C(N)C(=O)NC(CCC(N)=O)C(=O)NC(Cc1cnc[nH]1)C(=O)NC(CCC(N)=O)C(=O)O. The van der Waals surface area contributed by atoms with Crippen LogP contribution in [0.15, 0.2) is 12.5 Å². The van der Waals surface area contributed by atoms with Gasteiger partial charge in [-0.25, -0.2) is 9.78 Å². The molecule has 5 amide bonds. The molecular formula is C21H34N8O7. The Labute approximate surface area is 207 Å². The number of nitrogens with two attached hydrogens (primary N) is 3. The third-order valence-corrected chi connectivity index (χ3v) is 5.24. The van der Waals surface area contributed by atoms with E-state index in [1.54, 1.807) is 13.8 Å². The molecule has 0 spiro atoms. The summed E-state index contributed by atoms with van der Waals surface area (Å²) in [5, 5.41) is 16.6. The summed E-state index contributed by atoms with van der Waals surface area (Å²) in [7, 11) is 0. The number of carboxylic acid groups (broad SMARTS) is 1. The second-order valence-electron chi connectivity index (χ2n) is 8.58. The molecule has 200 valence electrons. The van der Waals surface area contributed by atoms with Crippen molar-refractivity contribution in [3.8, 4) is 0 Å². The van der Waals surface area contributed by atoms with E-state index in [-0.39, 0.29) is 38.0 Å². The molecule has 1 heterocycles. The van der Waals surface area contributed by atoms with Gasteiger partial charge in [-0.2, -0.15) is 0 Å². The third-order valence-electron chi connectivity index (χ3n) is 5.24. The highest BCUT2D eigenvalue weighted by molar-refractivity contribution is 5.94. The minimum absolute atomic E-state index is 0.109. The third kappa shape index (κ3) is 10.5. The highest BCUT2D eigenvalue weighted by atomic mass is 16.4. The van der Waals surface area contributed by atoms with Crippen LogP contribution < -0.4 is 33.2 Å². The first kappa shape index (κ1) is 30.0. The Balaban J connectivity index is 3.09. The predicted octanol–water partition coefficient (Wildman–Crippen LogP) is -2.99. The monoisotopic (exact) mass is 510 g/mol. The summed E-state index contributed by atoms with van der Waals surface area (Å²) < 4.78 is 0. The number of carbonyl (C=O) groups is 6. The number of nitrogens with one attached hydrogen (secondary N) is 4. The zero-order valence-corrected chi connectivity index (χ0v) is 20.2. The summed E-state index contributed by atoms with van der Waals surface area (Å²) in [5.74, 6) is -5.41. The van der Waals surface area contributed by atoms with Gasteiger partial charge in [0.2, 0.25) is 29.5 Å². The van der Waals surface area contributed by atoms with Crippen LogP contribution in [0.4, 0.5) is 0 Å². The molecule has 0 aliphatic heterocycles. The minimum Gasteiger partial charge on any atom is -0.480 e. The Morgan fingerprint density at radius 2 is 1.39 bits per heavy atom. The van der Waals surface area contributed by atoms with Crippen LogP contribution in [0.3, 0.4) is 0 Å². The fourth-order valence-electron chi connectivity index (χ4n) is 3.04. The topological polar surface area (TPSA) is 265 Å². The van der Waals surface area contributed by atoms with Gasteiger partial charge in [0.25, 0.3) is 0 Å². The van der Waals surface area contributed by atoms with Crippen molar-refractivity contribution in [3.05, 3.63) is 18.2 Å². The van der Waals surface area contributed by atoms with E-state index in [4.69, 9.17) is 17.2 Å². The lowest BCUT2D eigenvalue weighted by Crippen LogP contribution is -2.58. The molecule has 4 atom stereocenters. The number of aromatic amines is 1. The van der Waals surface area contributed by atoms with Gasteiger partial charge in [-0.05, 0) is 18.8 Å². The molecule has 36 heavy (non-hydrogen) atoms. The lowest BCUT2D eigenvalue weighted by molar-refractivity contribution is -0.142. The van der Waals surface area contributed by atoms with E-state index in [1.165, 1.54) is 12.5 Å². The average Bonchev–Trinajstić information content (AvgIpc) is 3.30. The number of amides is 5. The molecule has 1 aromatic rings. The standard InChI is InChI=1S/C21H34N8O7/c1-10(2)17(24)20(34)27-12(3-5-15(22)30)18(32)29-14(7-11-8-25-9-26-11)19(33)28-13(21(35)36)4-6-16(23)31/h8-10,12-14,17H,3-7,24H2,1-2H3,(H2,22,30)(H2,23,31)(H,25,26)(H,27,34)(H,28,33)(H,29,32)(H,35,36). The normalized spacial score (nSPS) is 14.2. The zero-order valence-electron chi connectivity index (χ0n) is 20.2. The summed E-state index contributed by atoms with van der Waals surface area (Å²) >= 11 is 0. The predicted molar refractivity (Wildman–Crippen MR) is 125 cm³/mol. The smallest absolute Gasteiger partial charge is 0.326 e. The maximum Gasteiger partial charge on any atom is 0.326 e. The molecule has 1 rings (SSSR count). The van der Waals surface area contributed by atoms with Crippen LogP contribution in [0.25, 0.3) is 0 Å². The van der Waals surface area contributed by atoms with Gasteiger partial charge >= 0.3 is 5.97 Å². The molecule has 0 saturated carbocycles. The summed E-state index contributed by atoms with van der Waals surface area (Å²) in [6, 6.07) is -4.93. The Hall–Kier alpha value is -4.01. The van der Waals surface area contributed by atoms with Crippen molar-refractivity contribution < 1.29 is 33.9 Å². The van der Waals surface area contributed by atoms with Crippen LogP contribution in [-0.4, -0.2) is 74.7 Å². The van der Waals surface area contributed by atoms with Crippen molar-refractivity contribution in [2.75, 3.05) is 0 Å². The van der Waals surface area contributed by atoms with Crippen molar-refractivity contribution in [3.63, 3.8) is 0 Å². The number of carbonyl (C=O) groups excluding carboxylic acids is 5. The number of carboxylic acids is 1. The number of H-pyrrole nitrogens is 1. The van der Waals surface area contributed by atoms with E-state index < -0.39 is 59.7 Å². The Morgan fingerprint density at radius 3 is 1.86 bits per heavy atom. The number of aliphatic carboxylic acids is 1. The molecule has 4 unspecified atom stereocenters. The molecule has 15 nitrogen and oxygen atoms in total. The van der Waals surface area contributed by atoms with Gasteiger partial charge in [-0.1, -0.05) is 13.8 Å². The maximum atomic E-state index is 13.1. The second-order valence-corrected chi connectivity index (χ2v) is 8.58. The van der Waals surface area contributed by atoms with Crippen LogP contribution in [0, 0.1) is 5.92 Å². The lowest BCUT2D eigenvalue weighted by atomic mass is 10.0. The van der Waals surface area contributed by atoms with Crippen LogP contribution in [-0.2, 0) is 35.2 Å². The first-order chi connectivity index (χ1) is 16.8. The minimum atomic E-state index is -1.44. The van der Waals surface area contributed by atoms with E-state index in [0.29, 0.717) is 5.69 Å². The molecule has 0 aliphatic rings. The summed E-state index contributed by atoms with van der Waals surface area (Å²) in [4.78, 5) is 78.9. The van der Waals surface area contributed by atoms with E-state index in [1.807, 2.05) is 0 Å². The molecule has 0 saturated heterocycles. The van der Waals surface area contributed by atoms with Crippen molar-refractivity contribution in [2.24, 2.45) is 23.1 Å². The highest BCUT2D eigenvalue weighted by Gasteiger charge is 2.31. The molecule has 1 aromatic heterocycles. The molecule has 0 aromatic carbocycles. The van der Waals surface area contributed by atoms with Gasteiger partial charge in [0.05, 0.1) is 12.4 Å². The average molecular weight is 511 g/mol. The number of hydrogen-bond donors (Lipinski definition) is 8. The first-order valence-electron chi connectivity index (χ1n) is 11.2. The van der Waals surface area contributed by atoms with Crippen molar-refractivity contribution in [1.82, 2.24) is 25.9 Å². The van der Waals surface area contributed by atoms with Crippen LogP contribution in [0.1, 0.15) is 45.2 Å². The van der Waals surface area contributed by atoms with Crippen LogP contribution >= 0.6 is 0 Å². The molecule has 0 aliphatic carbocycles. The Morgan fingerprint density at radius 1 is 0.889 bits per heavy atom. The number of imidazole rings is 1. The van der Waals surface area contributed by atoms with Gasteiger partial charge in [-0.3, -0.25) is 24.0 Å². The largest absolute Gasteiger partial charge is 0.480 e. The summed E-state index contributed by atoms with van der Waals surface area (Å²) in [5.41, 5.74) is 16.5. The van der Waals surface area contributed by atoms with Crippen LogP contribution in [0.5, 0.6) is 0 Å².